The van der Waals surface area contributed by atoms with E-state index in [1.165, 1.54) is 0 Å². The van der Waals surface area contributed by atoms with Crippen molar-refractivity contribution in [1.82, 2.24) is 10.3 Å². The van der Waals surface area contributed by atoms with Gasteiger partial charge in [0, 0.05) is 25.0 Å². The number of hydrogen-bond acceptors (Lipinski definition) is 4. The molecule has 0 saturated heterocycles. The van der Waals surface area contributed by atoms with E-state index in [-0.39, 0.29) is 6.04 Å². The average molecular weight is 211 g/mol. The molecule has 0 aliphatic carbocycles. The smallest absolute Gasteiger partial charge is 0.106 e. The number of nitrogens with zero attached hydrogens (tertiary/aromatic N) is 1. The Morgan fingerprint density at radius 2 is 1.87 bits per heavy atom. The van der Waals surface area contributed by atoms with E-state index in [0.29, 0.717) is 0 Å². The highest BCUT2D eigenvalue weighted by Crippen LogP contribution is 2.05. The third-order valence-electron chi connectivity index (χ3n) is 1.56. The summed E-state index contributed by atoms with van der Waals surface area (Å²) in [5, 5.41) is 3.02. The maximum absolute atomic E-state index is 8.00. The Hall–Kier alpha value is -1.26. The summed E-state index contributed by atoms with van der Waals surface area (Å²) in [6, 6.07) is 3.94. The van der Waals surface area contributed by atoms with Crippen LogP contribution in [-0.4, -0.2) is 25.4 Å². The molecule has 1 aromatic heterocycles. The van der Waals surface area contributed by atoms with Crippen molar-refractivity contribution in [2.24, 2.45) is 5.73 Å². The molecule has 86 valence electrons. The van der Waals surface area contributed by atoms with Crippen LogP contribution >= 0.6 is 0 Å². The Bertz CT molecular complexity index is 216. The molecule has 1 rings (SSSR count). The van der Waals surface area contributed by atoms with Gasteiger partial charge in [-0.2, -0.15) is 0 Å². The number of hydrogen-bond donors (Lipinski definition) is 2. The maximum Gasteiger partial charge on any atom is 0.106 e. The summed E-state index contributed by atoms with van der Waals surface area (Å²) in [5.41, 5.74) is 6.94. The highest BCUT2D eigenvalue weighted by Gasteiger charge is 2.01. The SMILES string of the molecule is C=O.CC.CNCC(N)c1ccncc1. The first-order valence-electron chi connectivity index (χ1n) is 4.93. The van der Waals surface area contributed by atoms with E-state index < -0.39 is 0 Å². The van der Waals surface area contributed by atoms with Crippen molar-refractivity contribution < 1.29 is 4.79 Å². The Morgan fingerprint density at radius 3 is 2.27 bits per heavy atom. The highest BCUT2D eigenvalue weighted by molar-refractivity contribution is 5.14. The zero-order valence-electron chi connectivity index (χ0n) is 9.73. The van der Waals surface area contributed by atoms with Crippen LogP contribution in [0.15, 0.2) is 24.5 Å². The second kappa shape index (κ2) is 12.7. The molecule has 0 bridgehead atoms. The predicted molar refractivity (Wildman–Crippen MR) is 63.6 cm³/mol. The van der Waals surface area contributed by atoms with E-state index in [1.54, 1.807) is 12.4 Å². The largest absolute Gasteiger partial charge is 0.323 e. The van der Waals surface area contributed by atoms with E-state index in [1.807, 2.05) is 39.8 Å². The van der Waals surface area contributed by atoms with Gasteiger partial charge in [-0.3, -0.25) is 4.98 Å². The van der Waals surface area contributed by atoms with Gasteiger partial charge in [0.2, 0.25) is 0 Å². The molecule has 0 aliphatic heterocycles. The average Bonchev–Trinajstić information content (AvgIpc) is 2.36. The molecule has 0 aromatic carbocycles. The Morgan fingerprint density at radius 1 is 1.40 bits per heavy atom. The quantitative estimate of drug-likeness (QED) is 0.786. The van der Waals surface area contributed by atoms with Crippen LogP contribution in [0, 0.1) is 0 Å². The second-order valence-corrected chi connectivity index (χ2v) is 2.44. The van der Waals surface area contributed by atoms with Crippen LogP contribution < -0.4 is 11.1 Å². The summed E-state index contributed by atoms with van der Waals surface area (Å²) in [6.45, 7) is 6.80. The topological polar surface area (TPSA) is 68.0 Å². The van der Waals surface area contributed by atoms with Gasteiger partial charge < -0.3 is 15.8 Å². The summed E-state index contributed by atoms with van der Waals surface area (Å²) < 4.78 is 0. The Labute approximate surface area is 91.9 Å². The van der Waals surface area contributed by atoms with Crippen molar-refractivity contribution in [3.05, 3.63) is 30.1 Å². The molecule has 0 spiro atoms. The molecule has 1 aromatic rings. The first-order valence-corrected chi connectivity index (χ1v) is 4.93. The van der Waals surface area contributed by atoms with Gasteiger partial charge in [0.25, 0.3) is 0 Å². The van der Waals surface area contributed by atoms with Crippen molar-refractivity contribution in [3.63, 3.8) is 0 Å². The molecule has 4 nitrogen and oxygen atoms in total. The monoisotopic (exact) mass is 211 g/mol. The third kappa shape index (κ3) is 7.78. The molecule has 15 heavy (non-hydrogen) atoms. The zero-order chi connectivity index (χ0) is 12.1. The molecular formula is C11H21N3O. The fourth-order valence-corrected chi connectivity index (χ4v) is 0.948. The molecule has 4 heteroatoms. The van der Waals surface area contributed by atoms with Gasteiger partial charge in [0.1, 0.15) is 6.79 Å². The number of nitrogens with one attached hydrogen (secondary N) is 1. The standard InChI is InChI=1S/C8H13N3.C2H6.CH2O/c1-10-6-8(9)7-2-4-11-5-3-7;2*1-2/h2-5,8,10H,6,9H2,1H3;1-2H3;1H2. The minimum Gasteiger partial charge on any atom is -0.323 e. The molecule has 0 saturated carbocycles. The second-order valence-electron chi connectivity index (χ2n) is 2.44. The van der Waals surface area contributed by atoms with Crippen molar-refractivity contribution in [2.45, 2.75) is 19.9 Å². The number of carbonyl (C=O) groups excluding carboxylic acids is 1. The number of pyridine rings is 1. The maximum atomic E-state index is 8.00. The molecule has 0 aliphatic rings. The predicted octanol–water partition coefficient (Wildman–Crippen LogP) is 1.14. The van der Waals surface area contributed by atoms with Crippen molar-refractivity contribution in [1.29, 1.82) is 0 Å². The van der Waals surface area contributed by atoms with Gasteiger partial charge in [-0.25, -0.2) is 0 Å². The van der Waals surface area contributed by atoms with E-state index in [4.69, 9.17) is 10.5 Å². The number of rotatable bonds is 3. The van der Waals surface area contributed by atoms with Crippen LogP contribution in [0.3, 0.4) is 0 Å². The summed E-state index contributed by atoms with van der Waals surface area (Å²) >= 11 is 0. The lowest BCUT2D eigenvalue weighted by Gasteiger charge is -2.09. The number of carbonyl (C=O) groups is 1. The molecule has 0 fully saturated rings. The molecule has 0 radical (unpaired) electrons. The van der Waals surface area contributed by atoms with E-state index in [2.05, 4.69) is 10.3 Å². The third-order valence-corrected chi connectivity index (χ3v) is 1.56. The Kier molecular flexibility index (Phi) is 13.7. The summed E-state index contributed by atoms with van der Waals surface area (Å²) in [4.78, 5) is 11.9. The zero-order valence-corrected chi connectivity index (χ0v) is 9.73. The van der Waals surface area contributed by atoms with E-state index in [0.717, 1.165) is 12.1 Å². The molecule has 3 N–H and O–H groups in total. The van der Waals surface area contributed by atoms with Gasteiger partial charge in [-0.05, 0) is 24.7 Å². The van der Waals surface area contributed by atoms with Gasteiger partial charge in [-0.1, -0.05) is 13.8 Å². The minimum atomic E-state index is 0.0722. The van der Waals surface area contributed by atoms with Crippen LogP contribution in [0.1, 0.15) is 25.5 Å². The molecule has 1 unspecified atom stereocenters. The van der Waals surface area contributed by atoms with Gasteiger partial charge >= 0.3 is 0 Å². The van der Waals surface area contributed by atoms with Crippen molar-refractivity contribution >= 4 is 6.79 Å². The molecule has 1 atom stereocenters. The van der Waals surface area contributed by atoms with Crippen LogP contribution in [0.5, 0.6) is 0 Å². The lowest BCUT2D eigenvalue weighted by molar-refractivity contribution is -0.0979. The Balaban J connectivity index is 0. The summed E-state index contributed by atoms with van der Waals surface area (Å²) in [6.07, 6.45) is 3.51. The lowest BCUT2D eigenvalue weighted by atomic mass is 10.1. The summed E-state index contributed by atoms with van der Waals surface area (Å²) in [7, 11) is 1.89. The first kappa shape index (κ1) is 16.2. The van der Waals surface area contributed by atoms with Gasteiger partial charge in [0.15, 0.2) is 0 Å². The van der Waals surface area contributed by atoms with Gasteiger partial charge in [-0.15, -0.1) is 0 Å². The highest BCUT2D eigenvalue weighted by atomic mass is 16.1. The fourth-order valence-electron chi connectivity index (χ4n) is 0.948. The van der Waals surface area contributed by atoms with Crippen molar-refractivity contribution in [2.75, 3.05) is 13.6 Å². The fraction of sp³-hybridized carbons (Fsp3) is 0.455. The van der Waals surface area contributed by atoms with E-state index in [9.17, 15) is 0 Å². The van der Waals surface area contributed by atoms with Crippen LogP contribution in [0.25, 0.3) is 0 Å². The number of aromatic nitrogens is 1. The minimum absolute atomic E-state index is 0.0722. The number of likely N-dealkylation sites (N-methyl/N-ethyl adjacent to an activating group) is 1. The molecular weight excluding hydrogens is 190 g/mol. The molecule has 0 amide bonds. The van der Waals surface area contributed by atoms with Crippen LogP contribution in [0.4, 0.5) is 0 Å². The number of nitrogens with two attached hydrogens (primary N) is 1. The van der Waals surface area contributed by atoms with Crippen LogP contribution in [0.2, 0.25) is 0 Å². The van der Waals surface area contributed by atoms with Crippen LogP contribution in [-0.2, 0) is 4.79 Å². The normalized spacial score (nSPS) is 10.1. The van der Waals surface area contributed by atoms with E-state index >= 15 is 0 Å². The lowest BCUT2D eigenvalue weighted by Crippen LogP contribution is -2.23. The van der Waals surface area contributed by atoms with Gasteiger partial charge in [0.05, 0.1) is 0 Å². The molecule has 1 heterocycles. The summed E-state index contributed by atoms with van der Waals surface area (Å²) in [5.74, 6) is 0. The van der Waals surface area contributed by atoms with Crippen molar-refractivity contribution in [3.8, 4) is 0 Å². The first-order chi connectivity index (χ1) is 7.34.